The third-order valence-electron chi connectivity index (χ3n) is 24.0. The predicted octanol–water partition coefficient (Wildman–Crippen LogP) is 10.2. The maximum Gasteiger partial charge on any atom is 0.220 e. The summed E-state index contributed by atoms with van der Waals surface area (Å²) in [4.78, 5) is 53.6. The number of hydrogen-bond acceptors (Lipinski definition) is 6. The Labute approximate surface area is 427 Å². The van der Waals surface area contributed by atoms with E-state index in [2.05, 4.69) is 81.0 Å². The van der Waals surface area contributed by atoms with Gasteiger partial charge in [0.25, 0.3) is 0 Å². The molecule has 8 saturated carbocycles. The van der Waals surface area contributed by atoms with Gasteiger partial charge in [-0.3, -0.25) is 19.2 Å². The molecule has 0 spiro atoms. The van der Waals surface area contributed by atoms with Crippen LogP contribution in [0.25, 0.3) is 0 Å². The van der Waals surface area contributed by atoms with E-state index in [9.17, 15) is 29.4 Å². The Morgan fingerprint density at radius 3 is 1.30 bits per heavy atom. The highest BCUT2D eigenvalue weighted by Gasteiger charge is 2.65. The highest BCUT2D eigenvalue weighted by molar-refractivity contribution is 5.79. The van der Waals surface area contributed by atoms with E-state index in [4.69, 9.17) is 0 Å². The number of carbonyl (C=O) groups is 4. The van der Waals surface area contributed by atoms with E-state index in [1.165, 1.54) is 25.7 Å². The van der Waals surface area contributed by atoms with Crippen LogP contribution in [0.5, 0.6) is 0 Å². The first-order valence-electron chi connectivity index (χ1n) is 29.5. The number of aliphatic hydroxyl groups excluding tert-OH is 2. The Balaban J connectivity index is 0.806. The van der Waals surface area contributed by atoms with Crippen LogP contribution < -0.4 is 21.3 Å². The molecular weight excluding hydrogens is 885 g/mol. The van der Waals surface area contributed by atoms with Crippen molar-refractivity contribution < 1.29 is 29.4 Å². The van der Waals surface area contributed by atoms with Gasteiger partial charge in [0.2, 0.25) is 23.6 Å². The molecule has 15 rings (SSSR count). The molecular formula is C61H94N4O6. The van der Waals surface area contributed by atoms with E-state index < -0.39 is 0 Å². The van der Waals surface area contributed by atoms with Crippen molar-refractivity contribution >= 4 is 23.6 Å². The number of rotatable bonds is 0. The normalized spacial score (nSPS) is 47.9. The van der Waals surface area contributed by atoms with Gasteiger partial charge in [0.05, 0.1) is 12.2 Å². The zero-order valence-electron chi connectivity index (χ0n) is 44.8. The lowest BCUT2D eigenvalue weighted by atomic mass is 9.43. The van der Waals surface area contributed by atoms with Crippen molar-refractivity contribution in [2.45, 2.75) is 227 Å². The zero-order valence-corrected chi connectivity index (χ0v) is 44.8. The first kappa shape index (κ1) is 51.5. The Morgan fingerprint density at radius 2 is 0.859 bits per heavy atom. The fraction of sp³-hybridized carbons (Fsp3) is 0.836. The molecule has 6 N–H and O–H groups in total. The van der Waals surface area contributed by atoms with Crippen molar-refractivity contribution in [3.05, 3.63) is 35.4 Å². The van der Waals surface area contributed by atoms with Gasteiger partial charge >= 0.3 is 0 Å². The summed E-state index contributed by atoms with van der Waals surface area (Å²) in [5, 5.41) is 37.4. The molecule has 14 aliphatic rings. The summed E-state index contributed by atoms with van der Waals surface area (Å²) in [5.41, 5.74) is 2.75. The standard InChI is InChI=1S/C61H94N4O6/c1-36-13-19-52(68)62-34-38-9-7-10-39(29-38)35-63-53(69)20-14-37(2)45-16-18-47-57-49(24-28-61(45,47)6)59(4)26-22-43(31-41(59)33-51(57)67)65-55(71)12-8-11-54(70)64-42-21-25-58(3)40(30-42)32-50(66)56-46-17-15-44(36)60(46,5)27-23-48(56)58/h7,9-10,29,36-37,40-51,56-57,66-67H,8,11-28,30-35H2,1-6H3,(H,62,68)(H,63,69)(H,64,70)(H,65,71)/t36-,37-,40+,41+,42-,43-,44-,45-,46+,47+,48+,49+,50+,51+,56+,57+,58+,59+,60-,61-/m1/s1. The van der Waals surface area contributed by atoms with Gasteiger partial charge in [0.15, 0.2) is 0 Å². The second-order valence-corrected chi connectivity index (χ2v) is 27.4. The van der Waals surface area contributed by atoms with Crippen LogP contribution in [0.15, 0.2) is 24.3 Å². The molecule has 1 aromatic rings. The Kier molecular flexibility index (Phi) is 14.7. The maximum atomic E-state index is 13.4. The molecule has 10 heteroatoms. The van der Waals surface area contributed by atoms with Crippen molar-refractivity contribution in [3.8, 4) is 0 Å². The molecule has 20 atom stereocenters. The average Bonchev–Trinajstić information content (AvgIpc) is 3.88. The van der Waals surface area contributed by atoms with Crippen molar-refractivity contribution in [3.63, 3.8) is 0 Å². The smallest absolute Gasteiger partial charge is 0.220 e. The largest absolute Gasteiger partial charge is 0.393 e. The minimum Gasteiger partial charge on any atom is -0.393 e. The molecule has 0 radical (unpaired) electrons. The van der Waals surface area contributed by atoms with Gasteiger partial charge in [-0.05, 0) is 226 Å². The number of hydrogen-bond donors (Lipinski definition) is 6. The van der Waals surface area contributed by atoms with E-state index in [1.54, 1.807) is 0 Å². The van der Waals surface area contributed by atoms with Gasteiger partial charge in [0, 0.05) is 50.9 Å². The molecule has 0 aromatic heterocycles. The minimum atomic E-state index is -0.319. The SMILES string of the molecule is C[C@@H]1CCC(=O)NCc2cccc(c2)CNC(=O)CC[C@@H](C)[C@H]2CC[C@H]3[C@@H]4[C@@H](O)C[C@@H]5C[C@@H](CC[C@]5(C)[C@H]4CC[C@]23C)NC(=O)CCCC(=O)N[C@@H]2CC[C@@]3(C)[C@@H](C2)C[C@H](O)[C@@H]2[C@@H]3CC[C@]3(C)[C@@H]1CC[C@@H]23. The van der Waals surface area contributed by atoms with Gasteiger partial charge in [-0.15, -0.1) is 0 Å². The Morgan fingerprint density at radius 1 is 0.465 bits per heavy atom. The van der Waals surface area contributed by atoms with Crippen LogP contribution in [0.3, 0.4) is 0 Å². The Bertz CT molecular complexity index is 1990. The van der Waals surface area contributed by atoms with Gasteiger partial charge < -0.3 is 31.5 Å². The lowest BCUT2D eigenvalue weighted by Gasteiger charge is -2.62. The molecule has 10 nitrogen and oxygen atoms in total. The second-order valence-electron chi connectivity index (χ2n) is 27.4. The Hall–Kier alpha value is -2.98. The number of benzene rings is 1. The molecule has 8 aliphatic carbocycles. The monoisotopic (exact) mass is 979 g/mol. The first-order valence-corrected chi connectivity index (χ1v) is 29.5. The fourth-order valence-corrected chi connectivity index (χ4v) is 20.2. The predicted molar refractivity (Wildman–Crippen MR) is 278 cm³/mol. The summed E-state index contributed by atoms with van der Waals surface area (Å²) in [7, 11) is 0. The number of amides is 4. The summed E-state index contributed by atoms with van der Waals surface area (Å²) >= 11 is 0. The summed E-state index contributed by atoms with van der Waals surface area (Å²) < 4.78 is 0. The third-order valence-corrected chi connectivity index (χ3v) is 24.0. The van der Waals surface area contributed by atoms with Crippen LogP contribution in [-0.2, 0) is 32.3 Å². The van der Waals surface area contributed by atoms with E-state index >= 15 is 0 Å². The van der Waals surface area contributed by atoms with E-state index in [0.717, 1.165) is 101 Å². The van der Waals surface area contributed by atoms with Crippen LogP contribution in [0, 0.1) is 92.7 Å². The highest BCUT2D eigenvalue weighted by Crippen LogP contribution is 2.70. The molecule has 6 aliphatic heterocycles. The third kappa shape index (κ3) is 9.69. The zero-order chi connectivity index (χ0) is 50.0. The van der Waals surface area contributed by atoms with E-state index in [0.29, 0.717) is 116 Å². The molecule has 18 bridgehead atoms. The van der Waals surface area contributed by atoms with Crippen LogP contribution in [0.2, 0.25) is 0 Å². The van der Waals surface area contributed by atoms with E-state index in [1.807, 2.05) is 6.07 Å². The molecule has 71 heavy (non-hydrogen) atoms. The van der Waals surface area contributed by atoms with Crippen LogP contribution in [0.4, 0.5) is 0 Å². The molecule has 0 saturated heterocycles. The molecule has 394 valence electrons. The number of aliphatic hydroxyl groups is 2. The van der Waals surface area contributed by atoms with Crippen molar-refractivity contribution in [2.75, 3.05) is 0 Å². The first-order chi connectivity index (χ1) is 33.9. The summed E-state index contributed by atoms with van der Waals surface area (Å²) in [6.45, 7) is 15.7. The van der Waals surface area contributed by atoms with Gasteiger partial charge in [-0.2, -0.15) is 0 Å². The highest BCUT2D eigenvalue weighted by atomic mass is 16.3. The molecule has 6 heterocycles. The minimum absolute atomic E-state index is 0.0469. The van der Waals surface area contributed by atoms with Gasteiger partial charge in [-0.25, -0.2) is 0 Å². The summed E-state index contributed by atoms with van der Waals surface area (Å²) in [5.74, 6) is 5.61. The quantitative estimate of drug-likeness (QED) is 0.152. The van der Waals surface area contributed by atoms with Crippen LogP contribution in [-0.4, -0.2) is 58.1 Å². The summed E-state index contributed by atoms with van der Waals surface area (Å²) in [6.07, 6.45) is 20.3. The molecule has 1 aromatic carbocycles. The maximum absolute atomic E-state index is 13.4. The van der Waals surface area contributed by atoms with Gasteiger partial charge in [0.1, 0.15) is 0 Å². The number of carbonyl (C=O) groups excluding carboxylic acids is 4. The lowest BCUT2D eigenvalue weighted by molar-refractivity contribution is -0.167. The molecule has 4 amide bonds. The second kappa shape index (κ2) is 20.3. The average molecular weight is 979 g/mol. The molecule has 0 unspecified atom stereocenters. The lowest BCUT2D eigenvalue weighted by Crippen LogP contribution is -2.59. The van der Waals surface area contributed by atoms with Crippen molar-refractivity contribution in [1.82, 2.24) is 21.3 Å². The van der Waals surface area contributed by atoms with Crippen molar-refractivity contribution in [1.29, 1.82) is 0 Å². The van der Waals surface area contributed by atoms with Crippen LogP contribution >= 0.6 is 0 Å². The van der Waals surface area contributed by atoms with Gasteiger partial charge in [-0.1, -0.05) is 65.8 Å². The number of nitrogens with one attached hydrogen (secondary N) is 4. The molecule has 8 fully saturated rings. The van der Waals surface area contributed by atoms with Crippen molar-refractivity contribution in [2.24, 2.45) is 92.7 Å². The fourth-order valence-electron chi connectivity index (χ4n) is 20.2. The topological polar surface area (TPSA) is 157 Å². The summed E-state index contributed by atoms with van der Waals surface area (Å²) in [6, 6.07) is 8.48. The van der Waals surface area contributed by atoms with E-state index in [-0.39, 0.29) is 69.6 Å². The van der Waals surface area contributed by atoms with Crippen LogP contribution in [0.1, 0.15) is 200 Å².